The lowest BCUT2D eigenvalue weighted by Gasteiger charge is -2.31. The summed E-state index contributed by atoms with van der Waals surface area (Å²) in [4.78, 5) is 169. The summed E-state index contributed by atoms with van der Waals surface area (Å²) in [5, 5.41) is 57.5. The molecular weight excluding hydrogens is 1220 g/mol. The number of nitrogens with one attached hydrogen (secondary N) is 13. The molecule has 2 saturated heterocycles. The molecule has 6 rings (SSSR count). The topological polar surface area (TPSA) is 499 Å². The first kappa shape index (κ1) is 73.3. The summed E-state index contributed by atoms with van der Waals surface area (Å²) >= 11 is 0. The number of aliphatic hydroxyl groups excluding tert-OH is 1. The van der Waals surface area contributed by atoms with Gasteiger partial charge < -0.3 is 90.0 Å². The van der Waals surface area contributed by atoms with E-state index in [0.717, 1.165) is 0 Å². The van der Waals surface area contributed by atoms with E-state index < -0.39 is 126 Å². The van der Waals surface area contributed by atoms with E-state index in [9.17, 15) is 63.0 Å². The average Bonchev–Trinajstić information content (AvgIpc) is 1.55. The van der Waals surface area contributed by atoms with Crippen molar-refractivity contribution >= 4 is 76.9 Å². The maximum atomic E-state index is 14.9. The van der Waals surface area contributed by atoms with Crippen LogP contribution in [0.1, 0.15) is 116 Å². The predicted molar refractivity (Wildman–Crippen MR) is 340 cm³/mol. The van der Waals surface area contributed by atoms with E-state index in [1.54, 1.807) is 12.1 Å². The number of amides is 11. The number of aliphatic hydroxyl groups is 1. The third kappa shape index (κ3) is 23.4. The number of rotatable bonds is 38. The lowest BCUT2D eigenvalue weighted by molar-refractivity contribution is -0.142. The Labute approximate surface area is 543 Å². The normalized spacial score (nSPS) is 17.0. The number of hydrogen-bond acceptors (Lipinski definition) is 20. The number of hydrogen-bond donors (Lipinski definition) is 17. The van der Waals surface area contributed by atoms with E-state index in [1.165, 1.54) is 61.0 Å². The van der Waals surface area contributed by atoms with Crippen molar-refractivity contribution < 1.29 is 63.0 Å². The second-order valence-corrected chi connectivity index (χ2v) is 24.2. The van der Waals surface area contributed by atoms with Gasteiger partial charge in [-0.25, -0.2) is 10.1 Å². The zero-order valence-electron chi connectivity index (χ0n) is 53.5. The van der Waals surface area contributed by atoms with Crippen LogP contribution in [0.3, 0.4) is 0 Å². The van der Waals surface area contributed by atoms with Gasteiger partial charge in [-0.2, -0.15) is 4.98 Å². The Morgan fingerprint density at radius 3 is 1.88 bits per heavy atom. The van der Waals surface area contributed by atoms with Gasteiger partial charge in [-0.3, -0.25) is 57.7 Å². The van der Waals surface area contributed by atoms with Crippen LogP contribution in [0.5, 0.6) is 5.75 Å². The largest absolute Gasteiger partial charge is 0.508 e. The van der Waals surface area contributed by atoms with Crippen LogP contribution in [0, 0.1) is 5.92 Å². The SMILES string of the molecule is CC(C)C[C@H](NC(=O)[C@@H](Cc1cccnc1)NC(=O)[C@H](Cc1ccc(O)cc1)NC(=O)[C@H](CO)NC(=O)[C@H](CCCNc1n[nH]c(N)n1)NC(=O)[C@H](Cc1cnc[nH]1)NC(=O)[C@@H]1CCC(=O)N1)C(=O)N[C@@H](CCCCNC(C)C)C(=O)N1CCC[C@H]1C(=O)N[C@H](C)C(N)=O. The minimum atomic E-state index is -1.79. The summed E-state index contributed by atoms with van der Waals surface area (Å²) in [6.45, 7) is 8.97. The molecule has 33 nitrogen and oxygen atoms in total. The molecular formula is C61H90N20O13. The van der Waals surface area contributed by atoms with Crippen LogP contribution in [0.2, 0.25) is 0 Å². The number of aromatic nitrogens is 6. The fourth-order valence-electron chi connectivity index (χ4n) is 10.6. The Balaban J connectivity index is 1.23. The fourth-order valence-corrected chi connectivity index (χ4v) is 10.6. The minimum Gasteiger partial charge on any atom is -0.508 e. The number of anilines is 2. The quantitative estimate of drug-likeness (QED) is 0.0199. The number of imidazole rings is 1. The van der Waals surface area contributed by atoms with E-state index in [2.05, 4.69) is 88.6 Å². The highest BCUT2D eigenvalue weighted by atomic mass is 16.3. The monoisotopic (exact) mass is 1310 g/mol. The zero-order chi connectivity index (χ0) is 68.4. The summed E-state index contributed by atoms with van der Waals surface area (Å²) in [5.74, 6) is -8.45. The lowest BCUT2D eigenvalue weighted by atomic mass is 9.99. The highest BCUT2D eigenvalue weighted by Gasteiger charge is 2.40. The number of phenolic OH excluding ortho intramolecular Hbond substituents is 1. The molecule has 0 bridgehead atoms. The van der Waals surface area contributed by atoms with Gasteiger partial charge in [-0.1, -0.05) is 45.9 Å². The van der Waals surface area contributed by atoms with Crippen molar-refractivity contribution in [2.45, 2.75) is 185 Å². The molecule has 11 amide bonds. The number of primary amides is 1. The van der Waals surface area contributed by atoms with E-state index in [0.29, 0.717) is 49.0 Å². The molecule has 94 heavy (non-hydrogen) atoms. The van der Waals surface area contributed by atoms with Crippen LogP contribution in [-0.4, -0.2) is 203 Å². The van der Waals surface area contributed by atoms with Crippen LogP contribution in [0.15, 0.2) is 61.3 Å². The van der Waals surface area contributed by atoms with Crippen molar-refractivity contribution in [3.8, 4) is 5.75 Å². The number of likely N-dealkylation sites (tertiary alicyclic amines) is 1. The highest BCUT2D eigenvalue weighted by molar-refractivity contribution is 5.99. The number of pyridine rings is 1. The van der Waals surface area contributed by atoms with Crippen molar-refractivity contribution in [1.29, 1.82) is 0 Å². The van der Waals surface area contributed by atoms with Gasteiger partial charge in [0, 0.05) is 69.1 Å². The molecule has 0 radical (unpaired) electrons. The number of aromatic amines is 2. The van der Waals surface area contributed by atoms with Crippen LogP contribution in [-0.2, 0) is 72.0 Å². The van der Waals surface area contributed by atoms with Gasteiger partial charge in [-0.15, -0.1) is 5.10 Å². The molecule has 4 aromatic rings. The lowest BCUT2D eigenvalue weighted by Crippen LogP contribution is -2.61. The number of carbonyl (C=O) groups excluding carboxylic acids is 11. The minimum absolute atomic E-state index is 0.0317. The van der Waals surface area contributed by atoms with Crippen LogP contribution < -0.4 is 70.0 Å². The number of nitrogen functional groups attached to an aromatic ring is 1. The van der Waals surface area contributed by atoms with Crippen LogP contribution >= 0.6 is 0 Å². The molecule has 0 unspecified atom stereocenters. The van der Waals surface area contributed by atoms with Gasteiger partial charge in [0.05, 0.1) is 12.9 Å². The van der Waals surface area contributed by atoms with Crippen molar-refractivity contribution in [2.24, 2.45) is 11.7 Å². The maximum absolute atomic E-state index is 14.9. The van der Waals surface area contributed by atoms with Gasteiger partial charge in [0.1, 0.15) is 66.2 Å². The third-order valence-electron chi connectivity index (χ3n) is 15.7. The maximum Gasteiger partial charge on any atom is 0.245 e. The number of benzene rings is 1. The number of H-pyrrole nitrogens is 2. The van der Waals surface area contributed by atoms with Gasteiger partial charge in [0.2, 0.25) is 76.9 Å². The molecule has 0 saturated carbocycles. The molecule has 5 heterocycles. The predicted octanol–water partition coefficient (Wildman–Crippen LogP) is -3.01. The molecule has 1 aromatic carbocycles. The van der Waals surface area contributed by atoms with Gasteiger partial charge in [0.15, 0.2) is 0 Å². The number of nitrogens with zero attached hydrogens (tertiary/aromatic N) is 5. The molecule has 10 atom stereocenters. The standard InChI is InChI=1S/C61H90N20O13/c1-33(2)25-43(53(88)72-42(12-6-7-22-66-34(3)4)59(94)81-24-10-14-48(81)58(93)69-35(5)50(62)85)73-55(90)45(27-37-11-8-21-64-29-37)74-54(89)44(26-36-15-17-39(83)18-16-36)75-57(92)47(31-82)77-51(86)40(13-9-23-67-61-78-60(63)79-80-61)71-56(91)46(28-38-30-65-32-68-38)76-52(87)41-19-20-49(84)70-41/h8,11,15-18,21,29-30,32-35,40-48,66,82-83H,6-7,9-10,12-14,19-20,22-28,31H2,1-5H3,(H2,62,85)(H,65,68)(H,69,93)(H,70,84)(H,71,91)(H,72,88)(H,73,90)(H,74,89)(H,75,92)(H,76,87)(H,77,86)(H4,63,67,78,79,80)/t35-,40+,41+,42+,43+,44+,45-,46+,47+,48+/m1/s1. The first-order valence-electron chi connectivity index (χ1n) is 31.6. The molecule has 512 valence electrons. The Morgan fingerprint density at radius 1 is 0.670 bits per heavy atom. The molecule has 3 aromatic heterocycles. The summed E-state index contributed by atoms with van der Waals surface area (Å²) in [7, 11) is 0. The number of unbranched alkanes of at least 4 members (excludes halogenated alkanes) is 1. The van der Waals surface area contributed by atoms with E-state index in [-0.39, 0.29) is 106 Å². The van der Waals surface area contributed by atoms with Gasteiger partial charge >= 0.3 is 0 Å². The third-order valence-corrected chi connectivity index (χ3v) is 15.7. The number of carbonyl (C=O) groups is 11. The highest BCUT2D eigenvalue weighted by Crippen LogP contribution is 2.22. The fraction of sp³-hybridized carbons (Fsp3) is 0.557. The van der Waals surface area contributed by atoms with Crippen LogP contribution in [0.4, 0.5) is 11.9 Å². The van der Waals surface area contributed by atoms with Crippen LogP contribution in [0.25, 0.3) is 0 Å². The molecule has 0 aliphatic carbocycles. The average molecular weight is 1310 g/mol. The zero-order valence-corrected chi connectivity index (χ0v) is 53.5. The Kier molecular flexibility index (Phi) is 28.4. The molecule has 2 fully saturated rings. The summed E-state index contributed by atoms with van der Waals surface area (Å²) < 4.78 is 0. The molecule has 0 spiro atoms. The smallest absolute Gasteiger partial charge is 0.245 e. The molecule has 33 heteroatoms. The second kappa shape index (κ2) is 36.5. The van der Waals surface area contributed by atoms with E-state index in [1.807, 2.05) is 27.7 Å². The van der Waals surface area contributed by atoms with Gasteiger partial charge in [0.25, 0.3) is 0 Å². The van der Waals surface area contributed by atoms with Crippen molar-refractivity contribution in [3.05, 3.63) is 78.1 Å². The Morgan fingerprint density at radius 2 is 1.29 bits per heavy atom. The summed E-state index contributed by atoms with van der Waals surface area (Å²) in [6, 6.07) is -3.86. The number of nitrogens with two attached hydrogens (primary N) is 2. The summed E-state index contributed by atoms with van der Waals surface area (Å²) in [5.41, 5.74) is 12.4. The molecule has 19 N–H and O–H groups in total. The second-order valence-electron chi connectivity index (χ2n) is 24.2. The first-order chi connectivity index (χ1) is 44.9. The first-order valence-corrected chi connectivity index (χ1v) is 31.6. The summed E-state index contributed by atoms with van der Waals surface area (Å²) in [6.07, 6.45) is 7.56. The van der Waals surface area contributed by atoms with Crippen molar-refractivity contribution in [1.82, 2.24) is 88.2 Å². The van der Waals surface area contributed by atoms with Crippen molar-refractivity contribution in [3.63, 3.8) is 0 Å². The Bertz CT molecular complexity index is 3190. The van der Waals surface area contributed by atoms with Gasteiger partial charge in [-0.05, 0) is 106 Å². The van der Waals surface area contributed by atoms with E-state index >= 15 is 0 Å². The number of aromatic hydroxyl groups is 1. The molecule has 2 aliphatic rings. The number of phenols is 1. The molecule has 2 aliphatic heterocycles. The van der Waals surface area contributed by atoms with E-state index in [4.69, 9.17) is 11.5 Å². The van der Waals surface area contributed by atoms with Crippen molar-refractivity contribution in [2.75, 3.05) is 37.3 Å². The Hall–Kier alpha value is -9.79.